The van der Waals surface area contributed by atoms with Gasteiger partial charge in [0.05, 0.1) is 12.3 Å². The van der Waals surface area contributed by atoms with Gasteiger partial charge in [0.25, 0.3) is 0 Å². The number of hydrogen-bond acceptors (Lipinski definition) is 4. The lowest BCUT2D eigenvalue weighted by atomic mass is 10.1. The summed E-state index contributed by atoms with van der Waals surface area (Å²) in [4.78, 5) is 4.01. The first-order valence-electron chi connectivity index (χ1n) is 4.24. The molecule has 0 aliphatic heterocycles. The monoisotopic (exact) mass is 182 g/mol. The Morgan fingerprint density at radius 2 is 2.23 bits per heavy atom. The zero-order valence-corrected chi connectivity index (χ0v) is 7.62. The van der Waals surface area contributed by atoms with Crippen LogP contribution in [0.2, 0.25) is 0 Å². The number of aromatic nitrogens is 1. The molecule has 1 heterocycles. The zero-order chi connectivity index (χ0) is 9.84. The van der Waals surface area contributed by atoms with Crippen LogP contribution in [-0.4, -0.2) is 15.2 Å². The molecule has 0 amide bonds. The van der Waals surface area contributed by atoms with E-state index in [0.717, 1.165) is 0 Å². The standard InChI is InChI=1S/C9H14N2O2/c1-2-8-9(13)7(3-10)6(5-12)4-11-8/h4,12-13H,2-3,5,10H2,1H3. The Bertz CT molecular complexity index is 300. The molecule has 0 fully saturated rings. The highest BCUT2D eigenvalue weighted by atomic mass is 16.3. The third-order valence-corrected chi connectivity index (χ3v) is 2.03. The maximum Gasteiger partial charge on any atom is 0.141 e. The molecule has 0 radical (unpaired) electrons. The second-order valence-corrected chi connectivity index (χ2v) is 2.77. The predicted octanol–water partition coefficient (Wildman–Crippen LogP) is 0.301. The fourth-order valence-corrected chi connectivity index (χ4v) is 1.24. The summed E-state index contributed by atoms with van der Waals surface area (Å²) in [6, 6.07) is 0. The molecule has 1 aromatic rings. The summed E-state index contributed by atoms with van der Waals surface area (Å²) in [7, 11) is 0. The van der Waals surface area contributed by atoms with E-state index in [1.807, 2.05) is 6.92 Å². The number of hydrogen-bond donors (Lipinski definition) is 3. The number of aromatic hydroxyl groups is 1. The van der Waals surface area contributed by atoms with Crippen molar-refractivity contribution in [1.82, 2.24) is 4.98 Å². The normalized spacial score (nSPS) is 10.4. The summed E-state index contributed by atoms with van der Waals surface area (Å²) in [5.74, 6) is 0.122. The first-order valence-corrected chi connectivity index (χ1v) is 4.24. The Labute approximate surface area is 77.0 Å². The van der Waals surface area contributed by atoms with E-state index < -0.39 is 0 Å². The van der Waals surface area contributed by atoms with Crippen molar-refractivity contribution in [2.24, 2.45) is 5.73 Å². The summed E-state index contributed by atoms with van der Waals surface area (Å²) < 4.78 is 0. The second kappa shape index (κ2) is 4.20. The fourth-order valence-electron chi connectivity index (χ4n) is 1.24. The van der Waals surface area contributed by atoms with Crippen LogP contribution in [0.1, 0.15) is 23.7 Å². The molecule has 4 N–H and O–H groups in total. The molecule has 0 spiro atoms. The molecule has 0 bridgehead atoms. The number of aryl methyl sites for hydroxylation is 1. The van der Waals surface area contributed by atoms with Gasteiger partial charge in [0, 0.05) is 23.9 Å². The Hall–Kier alpha value is -1.13. The van der Waals surface area contributed by atoms with E-state index in [1.165, 1.54) is 0 Å². The highest BCUT2D eigenvalue weighted by Crippen LogP contribution is 2.23. The van der Waals surface area contributed by atoms with Crippen molar-refractivity contribution in [3.63, 3.8) is 0 Å². The van der Waals surface area contributed by atoms with Crippen LogP contribution in [0.4, 0.5) is 0 Å². The van der Waals surface area contributed by atoms with Crippen LogP contribution < -0.4 is 5.73 Å². The van der Waals surface area contributed by atoms with Crippen molar-refractivity contribution in [1.29, 1.82) is 0 Å². The molecule has 0 saturated heterocycles. The van der Waals surface area contributed by atoms with Crippen LogP contribution in [0, 0.1) is 0 Å². The van der Waals surface area contributed by atoms with E-state index in [0.29, 0.717) is 23.2 Å². The van der Waals surface area contributed by atoms with Gasteiger partial charge in [-0.3, -0.25) is 4.98 Å². The Morgan fingerprint density at radius 3 is 2.69 bits per heavy atom. The highest BCUT2D eigenvalue weighted by Gasteiger charge is 2.10. The second-order valence-electron chi connectivity index (χ2n) is 2.77. The Morgan fingerprint density at radius 1 is 1.54 bits per heavy atom. The minimum absolute atomic E-state index is 0.122. The smallest absolute Gasteiger partial charge is 0.141 e. The van der Waals surface area contributed by atoms with Crippen LogP contribution in [0.25, 0.3) is 0 Å². The summed E-state index contributed by atoms with van der Waals surface area (Å²) in [6.07, 6.45) is 2.21. The fraction of sp³-hybridized carbons (Fsp3) is 0.444. The van der Waals surface area contributed by atoms with Crippen molar-refractivity contribution >= 4 is 0 Å². The van der Waals surface area contributed by atoms with Gasteiger partial charge in [-0.15, -0.1) is 0 Å². The van der Waals surface area contributed by atoms with Crippen LogP contribution in [0.5, 0.6) is 5.75 Å². The summed E-state index contributed by atoms with van der Waals surface area (Å²) in [6.45, 7) is 1.98. The number of nitrogens with two attached hydrogens (primary N) is 1. The van der Waals surface area contributed by atoms with Crippen molar-refractivity contribution < 1.29 is 10.2 Å². The molecule has 0 saturated carbocycles. The Balaban J connectivity index is 3.23. The van der Waals surface area contributed by atoms with E-state index in [1.54, 1.807) is 6.20 Å². The van der Waals surface area contributed by atoms with Gasteiger partial charge in [-0.05, 0) is 6.42 Å². The van der Waals surface area contributed by atoms with Gasteiger partial charge in [0.2, 0.25) is 0 Å². The molecule has 0 aliphatic rings. The van der Waals surface area contributed by atoms with Gasteiger partial charge in [-0.25, -0.2) is 0 Å². The van der Waals surface area contributed by atoms with Gasteiger partial charge in [0.15, 0.2) is 0 Å². The number of aliphatic hydroxyl groups is 1. The molecule has 72 valence electrons. The molecule has 1 aromatic heterocycles. The number of pyridine rings is 1. The van der Waals surface area contributed by atoms with Crippen molar-refractivity contribution in [3.8, 4) is 5.75 Å². The number of aliphatic hydroxyl groups excluding tert-OH is 1. The van der Waals surface area contributed by atoms with Crippen LogP contribution in [-0.2, 0) is 19.6 Å². The molecular weight excluding hydrogens is 168 g/mol. The molecular formula is C9H14N2O2. The van der Waals surface area contributed by atoms with Crippen molar-refractivity contribution in [2.75, 3.05) is 0 Å². The minimum atomic E-state index is -0.142. The predicted molar refractivity (Wildman–Crippen MR) is 49.1 cm³/mol. The SMILES string of the molecule is CCc1ncc(CO)c(CN)c1O. The zero-order valence-electron chi connectivity index (χ0n) is 7.62. The quantitative estimate of drug-likeness (QED) is 0.628. The molecule has 0 atom stereocenters. The lowest BCUT2D eigenvalue weighted by Crippen LogP contribution is -2.05. The maximum absolute atomic E-state index is 9.65. The lowest BCUT2D eigenvalue weighted by molar-refractivity contribution is 0.279. The van der Waals surface area contributed by atoms with Crippen LogP contribution >= 0.6 is 0 Å². The van der Waals surface area contributed by atoms with Crippen LogP contribution in [0.15, 0.2) is 6.20 Å². The molecule has 4 nitrogen and oxygen atoms in total. The first kappa shape index (κ1) is 9.95. The summed E-state index contributed by atoms with van der Waals surface area (Å²) >= 11 is 0. The summed E-state index contributed by atoms with van der Waals surface area (Å²) in [5.41, 5.74) is 7.26. The molecule has 13 heavy (non-hydrogen) atoms. The Kier molecular flexibility index (Phi) is 3.22. The van der Waals surface area contributed by atoms with Crippen molar-refractivity contribution in [3.05, 3.63) is 23.0 Å². The number of rotatable bonds is 3. The maximum atomic E-state index is 9.65. The third kappa shape index (κ3) is 1.79. The summed E-state index contributed by atoms with van der Waals surface area (Å²) in [5, 5.41) is 18.6. The molecule has 4 heteroatoms. The minimum Gasteiger partial charge on any atom is -0.506 e. The topological polar surface area (TPSA) is 79.4 Å². The number of nitrogens with zero attached hydrogens (tertiary/aromatic N) is 1. The molecule has 0 aromatic carbocycles. The molecule has 1 rings (SSSR count). The van der Waals surface area contributed by atoms with E-state index in [2.05, 4.69) is 4.98 Å². The van der Waals surface area contributed by atoms with E-state index >= 15 is 0 Å². The van der Waals surface area contributed by atoms with Crippen LogP contribution in [0.3, 0.4) is 0 Å². The van der Waals surface area contributed by atoms with Crippen molar-refractivity contribution in [2.45, 2.75) is 26.5 Å². The largest absolute Gasteiger partial charge is 0.506 e. The molecule has 0 aliphatic carbocycles. The van der Waals surface area contributed by atoms with E-state index in [9.17, 15) is 5.11 Å². The van der Waals surface area contributed by atoms with Gasteiger partial charge in [-0.1, -0.05) is 6.92 Å². The van der Waals surface area contributed by atoms with Gasteiger partial charge < -0.3 is 15.9 Å². The average Bonchev–Trinajstić information content (AvgIpc) is 2.17. The van der Waals surface area contributed by atoms with E-state index in [-0.39, 0.29) is 18.9 Å². The lowest BCUT2D eigenvalue weighted by Gasteiger charge is -2.09. The van der Waals surface area contributed by atoms with E-state index in [4.69, 9.17) is 10.8 Å². The highest BCUT2D eigenvalue weighted by molar-refractivity contribution is 5.40. The van der Waals surface area contributed by atoms with Gasteiger partial charge in [-0.2, -0.15) is 0 Å². The third-order valence-electron chi connectivity index (χ3n) is 2.03. The van der Waals surface area contributed by atoms with Gasteiger partial charge >= 0.3 is 0 Å². The first-order chi connectivity index (χ1) is 6.24. The molecule has 0 unspecified atom stereocenters. The van der Waals surface area contributed by atoms with Gasteiger partial charge in [0.1, 0.15) is 5.75 Å². The average molecular weight is 182 g/mol.